The third-order valence-electron chi connectivity index (χ3n) is 0.102. The highest BCUT2D eigenvalue weighted by molar-refractivity contribution is 4.25. The minimum Gasteiger partial charge on any atom is -0.546 e. The molecule has 1 N–H and O–H groups in total. The van der Waals surface area contributed by atoms with Crippen LogP contribution < -0.4 is 0 Å². The SMILES string of the molecule is [CH2+]CO[NH-]. The molecule has 0 spiro atoms. The molecule has 0 rings (SSSR count). The van der Waals surface area contributed by atoms with Crippen molar-refractivity contribution < 1.29 is 4.84 Å². The van der Waals surface area contributed by atoms with Gasteiger partial charge < -0.3 is 10.7 Å². The number of nitrogens with one attached hydrogen (secondary N) is 1. The minimum absolute atomic E-state index is 0.236. The van der Waals surface area contributed by atoms with E-state index in [1.807, 2.05) is 0 Å². The first kappa shape index (κ1) is 3.79. The topological polar surface area (TPSA) is 33.0 Å². The van der Waals surface area contributed by atoms with Crippen molar-refractivity contribution >= 4 is 0 Å². The van der Waals surface area contributed by atoms with Gasteiger partial charge in [-0.2, -0.15) is 0 Å². The standard InChI is InChI=1S/C2H5NO/c1-2-4-3/h3H,1-2H2. The van der Waals surface area contributed by atoms with E-state index in [0.29, 0.717) is 0 Å². The lowest BCUT2D eigenvalue weighted by Crippen LogP contribution is -1.68. The Morgan fingerprint density at radius 3 is 2.25 bits per heavy atom. The Morgan fingerprint density at radius 1 is 2.00 bits per heavy atom. The molecule has 0 amide bonds. The normalized spacial score (nSPS) is 7.25. The van der Waals surface area contributed by atoms with Crippen LogP contribution in [0.1, 0.15) is 0 Å². The zero-order valence-electron chi connectivity index (χ0n) is 2.32. The highest BCUT2D eigenvalue weighted by Gasteiger charge is 1.53. The quantitative estimate of drug-likeness (QED) is 0.325. The van der Waals surface area contributed by atoms with Crippen LogP contribution in [-0.4, -0.2) is 6.61 Å². The zero-order chi connectivity index (χ0) is 3.41. The highest BCUT2D eigenvalue weighted by Crippen LogP contribution is 1.59. The Bertz CT molecular complexity index is 8.00. The summed E-state index contributed by atoms with van der Waals surface area (Å²) in [6, 6.07) is 0. The zero-order valence-corrected chi connectivity index (χ0v) is 2.32. The molecule has 0 fully saturated rings. The van der Waals surface area contributed by atoms with Gasteiger partial charge in [0, 0.05) is 0 Å². The van der Waals surface area contributed by atoms with Crippen LogP contribution in [-0.2, 0) is 4.84 Å². The molecule has 0 aliphatic heterocycles. The van der Waals surface area contributed by atoms with Gasteiger partial charge in [-0.05, 0) is 0 Å². The summed E-state index contributed by atoms with van der Waals surface area (Å²) in [6.45, 7) is 3.43. The van der Waals surface area contributed by atoms with E-state index in [0.717, 1.165) is 0 Å². The Kier molecular flexibility index (Phi) is 2.64. The monoisotopic (exact) mass is 59.0 g/mol. The van der Waals surface area contributed by atoms with Crippen LogP contribution in [0.15, 0.2) is 0 Å². The smallest absolute Gasteiger partial charge is 0.168 e. The summed E-state index contributed by atoms with van der Waals surface area (Å²) in [6.07, 6.45) is 0. The van der Waals surface area contributed by atoms with Crippen LogP contribution in [0.5, 0.6) is 0 Å². The fraction of sp³-hybridized carbons (Fsp3) is 0.500. The third-order valence-corrected chi connectivity index (χ3v) is 0.102. The molecule has 0 saturated heterocycles. The van der Waals surface area contributed by atoms with Crippen LogP contribution >= 0.6 is 0 Å². The molecule has 0 aromatic rings. The summed E-state index contributed by atoms with van der Waals surface area (Å²) in [5.41, 5.74) is 0. The van der Waals surface area contributed by atoms with Crippen molar-refractivity contribution in [3.63, 3.8) is 0 Å². The van der Waals surface area contributed by atoms with E-state index >= 15 is 0 Å². The van der Waals surface area contributed by atoms with Crippen LogP contribution in [0, 0.1) is 6.92 Å². The molecule has 0 aliphatic rings. The molecular formula is C2H5NO. The fourth-order valence-electron chi connectivity index (χ4n) is 0. The Labute approximate surface area is 25.5 Å². The van der Waals surface area contributed by atoms with Gasteiger partial charge in [-0.25, -0.2) is 0 Å². The molecule has 2 nitrogen and oxygen atoms in total. The van der Waals surface area contributed by atoms with Crippen molar-refractivity contribution in [1.82, 2.24) is 0 Å². The van der Waals surface area contributed by atoms with Gasteiger partial charge in [-0.1, -0.05) is 0 Å². The lowest BCUT2D eigenvalue weighted by Gasteiger charge is -1.87. The van der Waals surface area contributed by atoms with Crippen molar-refractivity contribution in [2.75, 3.05) is 6.61 Å². The Hall–Kier alpha value is -0.210. The van der Waals surface area contributed by atoms with Gasteiger partial charge in [0.15, 0.2) is 6.61 Å². The van der Waals surface area contributed by atoms with Gasteiger partial charge in [0.05, 0.1) is 6.92 Å². The molecule has 0 bridgehead atoms. The van der Waals surface area contributed by atoms with Crippen molar-refractivity contribution in [3.8, 4) is 0 Å². The first-order valence-corrected chi connectivity index (χ1v) is 0.993. The van der Waals surface area contributed by atoms with Gasteiger partial charge >= 0.3 is 0 Å². The summed E-state index contributed by atoms with van der Waals surface area (Å²) >= 11 is 0. The summed E-state index contributed by atoms with van der Waals surface area (Å²) < 4.78 is 0. The lowest BCUT2D eigenvalue weighted by atomic mass is 10.9. The molecule has 0 heterocycles. The summed E-state index contributed by atoms with van der Waals surface area (Å²) in [5.74, 6) is 5.89. The molecule has 0 aromatic carbocycles. The molecule has 0 aliphatic carbocycles. The second kappa shape index (κ2) is 2.79. The highest BCUT2D eigenvalue weighted by atomic mass is 16.6. The second-order valence-corrected chi connectivity index (χ2v) is 0.348. The van der Waals surface area contributed by atoms with Crippen LogP contribution in [0.2, 0.25) is 0 Å². The van der Waals surface area contributed by atoms with Gasteiger partial charge in [0.2, 0.25) is 0 Å². The second-order valence-electron chi connectivity index (χ2n) is 0.348. The predicted molar refractivity (Wildman–Crippen MR) is 15.6 cm³/mol. The predicted octanol–water partition coefficient (Wildman–Crippen LogP) is 0.804. The Morgan fingerprint density at radius 2 is 2.25 bits per heavy atom. The number of hydrogen-bond donors (Lipinski definition) is 0. The van der Waals surface area contributed by atoms with Crippen molar-refractivity contribution in [2.24, 2.45) is 0 Å². The maximum absolute atomic E-state index is 5.89. The van der Waals surface area contributed by atoms with E-state index < -0.39 is 0 Å². The van der Waals surface area contributed by atoms with Crippen molar-refractivity contribution in [2.45, 2.75) is 0 Å². The third kappa shape index (κ3) is 1.79. The van der Waals surface area contributed by atoms with Gasteiger partial charge in [0.25, 0.3) is 0 Å². The molecule has 0 unspecified atom stereocenters. The van der Waals surface area contributed by atoms with Crippen molar-refractivity contribution in [1.29, 1.82) is 0 Å². The van der Waals surface area contributed by atoms with E-state index in [4.69, 9.17) is 5.90 Å². The van der Waals surface area contributed by atoms with E-state index in [1.54, 1.807) is 0 Å². The summed E-state index contributed by atoms with van der Waals surface area (Å²) in [7, 11) is 0. The first-order chi connectivity index (χ1) is 1.91. The molecule has 0 saturated carbocycles. The molecule has 4 heavy (non-hydrogen) atoms. The van der Waals surface area contributed by atoms with E-state index in [2.05, 4.69) is 11.8 Å². The van der Waals surface area contributed by atoms with E-state index in [1.165, 1.54) is 0 Å². The lowest BCUT2D eigenvalue weighted by molar-refractivity contribution is 0.289. The fourth-order valence-corrected chi connectivity index (χ4v) is 0. The molecule has 0 aromatic heterocycles. The van der Waals surface area contributed by atoms with E-state index in [-0.39, 0.29) is 6.61 Å². The number of rotatable bonds is 1. The average Bonchev–Trinajstić information content (AvgIpc) is 1.37. The van der Waals surface area contributed by atoms with Gasteiger partial charge in [0.1, 0.15) is 0 Å². The maximum Gasteiger partial charge on any atom is 0.168 e. The maximum atomic E-state index is 5.89. The summed E-state index contributed by atoms with van der Waals surface area (Å²) in [5, 5.41) is 0. The molecule has 0 atom stereocenters. The molecule has 0 radical (unpaired) electrons. The largest absolute Gasteiger partial charge is 0.546 e. The van der Waals surface area contributed by atoms with Crippen LogP contribution in [0.25, 0.3) is 5.90 Å². The van der Waals surface area contributed by atoms with Gasteiger partial charge in [-0.15, -0.1) is 0 Å². The first-order valence-electron chi connectivity index (χ1n) is 0.993. The summed E-state index contributed by atoms with van der Waals surface area (Å²) in [4.78, 5) is 3.68. The number of hydrogen-bond acceptors (Lipinski definition) is 1. The molecular weight excluding hydrogens is 54.0 g/mol. The van der Waals surface area contributed by atoms with Crippen LogP contribution in [0.4, 0.5) is 0 Å². The van der Waals surface area contributed by atoms with E-state index in [9.17, 15) is 0 Å². The minimum atomic E-state index is 0.236. The van der Waals surface area contributed by atoms with Crippen LogP contribution in [0.3, 0.4) is 0 Å². The average molecular weight is 59.1 g/mol. The molecule has 2 heteroatoms. The van der Waals surface area contributed by atoms with Gasteiger partial charge in [-0.3, -0.25) is 0 Å². The van der Waals surface area contributed by atoms with Crippen molar-refractivity contribution in [3.05, 3.63) is 12.8 Å². The molecule has 24 valence electrons. The Balaban J connectivity index is 1.97.